The van der Waals surface area contributed by atoms with Crippen LogP contribution in [-0.2, 0) is 18.4 Å². The van der Waals surface area contributed by atoms with Crippen LogP contribution in [0.25, 0.3) is 0 Å². The Morgan fingerprint density at radius 3 is 1.29 bits per heavy atom. The Balaban J connectivity index is 4.20. The molecule has 0 bridgehead atoms. The van der Waals surface area contributed by atoms with Gasteiger partial charge in [0.25, 0.3) is 0 Å². The molecule has 0 rings (SSSR count). The first-order chi connectivity index (χ1) is 29.9. The second-order valence-electron chi connectivity index (χ2n) is 19.7. The molecule has 0 fully saturated rings. The van der Waals surface area contributed by atoms with Gasteiger partial charge in [-0.15, -0.1) is 0 Å². The van der Waals surface area contributed by atoms with Gasteiger partial charge in [0.15, 0.2) is 0 Å². The van der Waals surface area contributed by atoms with Gasteiger partial charge in [0.2, 0.25) is 5.91 Å². The summed E-state index contributed by atoms with van der Waals surface area (Å²) in [5.74, 6) is -0.263. The van der Waals surface area contributed by atoms with Gasteiger partial charge in [-0.3, -0.25) is 13.8 Å². The van der Waals surface area contributed by atoms with E-state index in [0.717, 1.165) is 32.1 Å². The number of phosphoric acid groups is 1. The standard InChI is InChI=1S/C52H105N2O7P/c1-6-8-10-12-14-16-18-20-21-22-23-24-25-26-27-28-29-30-31-32-33-35-37-39-41-43-45-51(56)53-49(48-61-62(58,59)60-47-46-54(3,4)5)52(57)50(55)44-42-40-38-36-34-19-17-15-13-11-9-7-2/h36,38,49-50,52,55,57H,6-35,37,39-48H2,1-5H3,(H-,53,56,58,59)/p+1/b38-36+. The highest BCUT2D eigenvalue weighted by Gasteiger charge is 2.31. The predicted molar refractivity (Wildman–Crippen MR) is 265 cm³/mol. The second-order valence-corrected chi connectivity index (χ2v) is 21.2. The minimum Gasteiger partial charge on any atom is -0.390 e. The van der Waals surface area contributed by atoms with Crippen molar-refractivity contribution in [2.75, 3.05) is 40.9 Å². The highest BCUT2D eigenvalue weighted by molar-refractivity contribution is 7.47. The minimum absolute atomic E-state index is 0.0194. The fourth-order valence-electron chi connectivity index (χ4n) is 8.09. The number of hydrogen-bond acceptors (Lipinski definition) is 6. The molecule has 1 amide bonds. The largest absolute Gasteiger partial charge is 0.472 e. The lowest BCUT2D eigenvalue weighted by Gasteiger charge is -2.28. The van der Waals surface area contributed by atoms with Crippen molar-refractivity contribution < 1.29 is 38.0 Å². The lowest BCUT2D eigenvalue weighted by atomic mass is 10.0. The summed E-state index contributed by atoms with van der Waals surface area (Å²) in [7, 11) is 1.43. The zero-order valence-corrected chi connectivity index (χ0v) is 42.6. The summed E-state index contributed by atoms with van der Waals surface area (Å²) in [5.41, 5.74) is 0. The number of phosphoric ester groups is 1. The number of aliphatic hydroxyl groups excluding tert-OH is 2. The molecular weight excluding hydrogens is 796 g/mol. The molecule has 0 aromatic heterocycles. The molecule has 0 aliphatic heterocycles. The van der Waals surface area contributed by atoms with E-state index < -0.39 is 32.7 Å². The lowest BCUT2D eigenvalue weighted by molar-refractivity contribution is -0.870. The number of quaternary nitrogens is 1. The van der Waals surface area contributed by atoms with Gasteiger partial charge >= 0.3 is 7.82 Å². The number of amides is 1. The van der Waals surface area contributed by atoms with E-state index >= 15 is 0 Å². The van der Waals surface area contributed by atoms with Crippen LogP contribution in [0.4, 0.5) is 0 Å². The zero-order valence-electron chi connectivity index (χ0n) is 41.7. The summed E-state index contributed by atoms with van der Waals surface area (Å²) in [6.07, 6.45) is 48.7. The van der Waals surface area contributed by atoms with Crippen LogP contribution in [0.3, 0.4) is 0 Å². The molecule has 0 saturated heterocycles. The normalized spacial score (nSPS) is 14.6. The van der Waals surface area contributed by atoms with Gasteiger partial charge in [0.1, 0.15) is 19.3 Å². The third kappa shape index (κ3) is 44.4. The van der Waals surface area contributed by atoms with Gasteiger partial charge in [-0.25, -0.2) is 4.57 Å². The molecule has 62 heavy (non-hydrogen) atoms. The highest BCUT2D eigenvalue weighted by atomic mass is 31.2. The van der Waals surface area contributed by atoms with Crippen molar-refractivity contribution in [3.8, 4) is 0 Å². The van der Waals surface area contributed by atoms with Crippen LogP contribution in [0, 0.1) is 0 Å². The third-order valence-electron chi connectivity index (χ3n) is 12.4. The number of likely N-dealkylation sites (N-methyl/N-ethyl adjacent to an activating group) is 1. The number of aliphatic hydroxyl groups is 2. The van der Waals surface area contributed by atoms with Crippen molar-refractivity contribution >= 4 is 13.7 Å². The average Bonchev–Trinajstić information content (AvgIpc) is 3.23. The molecule has 0 aromatic rings. The number of carbonyl (C=O) groups excluding carboxylic acids is 1. The molecule has 4 N–H and O–H groups in total. The number of carbonyl (C=O) groups is 1. The maximum absolute atomic E-state index is 13.0. The van der Waals surface area contributed by atoms with Gasteiger partial charge in [-0.2, -0.15) is 0 Å². The van der Waals surface area contributed by atoms with Crippen LogP contribution in [0.2, 0.25) is 0 Å². The lowest BCUT2D eigenvalue weighted by Crippen LogP contribution is -2.51. The first kappa shape index (κ1) is 61.2. The van der Waals surface area contributed by atoms with Gasteiger partial charge in [0.05, 0.1) is 39.9 Å². The highest BCUT2D eigenvalue weighted by Crippen LogP contribution is 2.43. The monoisotopic (exact) mass is 902 g/mol. The predicted octanol–water partition coefficient (Wildman–Crippen LogP) is 14.5. The molecule has 0 aromatic carbocycles. The van der Waals surface area contributed by atoms with Crippen LogP contribution < -0.4 is 5.32 Å². The van der Waals surface area contributed by atoms with Gasteiger partial charge in [0, 0.05) is 6.42 Å². The van der Waals surface area contributed by atoms with E-state index in [4.69, 9.17) is 9.05 Å². The van der Waals surface area contributed by atoms with Crippen molar-refractivity contribution in [3.05, 3.63) is 12.2 Å². The topological polar surface area (TPSA) is 125 Å². The summed E-state index contributed by atoms with van der Waals surface area (Å²) in [4.78, 5) is 23.3. The Morgan fingerprint density at radius 2 is 0.903 bits per heavy atom. The minimum atomic E-state index is -4.42. The maximum atomic E-state index is 13.0. The Kier molecular flexibility index (Phi) is 43.5. The molecule has 9 nitrogen and oxygen atoms in total. The van der Waals surface area contributed by atoms with Crippen LogP contribution in [0.5, 0.6) is 0 Å². The smallest absolute Gasteiger partial charge is 0.390 e. The first-order valence-corrected chi connectivity index (χ1v) is 28.1. The average molecular weight is 902 g/mol. The molecule has 0 saturated carbocycles. The Hall–Kier alpha value is -0.800. The van der Waals surface area contributed by atoms with Crippen LogP contribution in [0.15, 0.2) is 12.2 Å². The molecule has 4 unspecified atom stereocenters. The van der Waals surface area contributed by atoms with Crippen LogP contribution in [-0.4, -0.2) is 84.6 Å². The number of hydrogen-bond donors (Lipinski definition) is 4. The first-order valence-electron chi connectivity index (χ1n) is 26.6. The van der Waals surface area contributed by atoms with E-state index in [9.17, 15) is 24.5 Å². The summed E-state index contributed by atoms with van der Waals surface area (Å²) in [6, 6.07) is -1.04. The van der Waals surface area contributed by atoms with E-state index in [1.807, 2.05) is 21.1 Å². The second kappa shape index (κ2) is 44.1. The Labute approximate surface area is 385 Å². The van der Waals surface area contributed by atoms with Crippen molar-refractivity contribution in [3.63, 3.8) is 0 Å². The van der Waals surface area contributed by atoms with Gasteiger partial charge < -0.3 is 24.9 Å². The zero-order chi connectivity index (χ0) is 45.8. The van der Waals surface area contributed by atoms with Gasteiger partial charge in [-0.1, -0.05) is 225 Å². The Morgan fingerprint density at radius 1 is 0.548 bits per heavy atom. The number of unbranched alkanes of at least 4 members (excludes halogenated alkanes) is 33. The van der Waals surface area contributed by atoms with E-state index in [1.165, 1.54) is 193 Å². The van der Waals surface area contributed by atoms with Crippen molar-refractivity contribution in [1.29, 1.82) is 0 Å². The Bertz CT molecular complexity index is 1040. The number of nitrogens with one attached hydrogen (secondary N) is 1. The molecule has 0 aliphatic carbocycles. The molecule has 4 atom stereocenters. The summed E-state index contributed by atoms with van der Waals surface area (Å²) in [5, 5.41) is 24.7. The molecule has 0 spiro atoms. The fraction of sp³-hybridized carbons (Fsp3) is 0.942. The van der Waals surface area contributed by atoms with E-state index in [0.29, 0.717) is 30.3 Å². The van der Waals surface area contributed by atoms with Gasteiger partial charge in [-0.05, 0) is 38.5 Å². The van der Waals surface area contributed by atoms with E-state index in [1.54, 1.807) is 0 Å². The quantitative estimate of drug-likeness (QED) is 0.0207. The molecule has 0 heterocycles. The van der Waals surface area contributed by atoms with E-state index in [-0.39, 0.29) is 12.5 Å². The molecule has 0 radical (unpaired) electrons. The summed E-state index contributed by atoms with van der Waals surface area (Å²) >= 11 is 0. The molecule has 10 heteroatoms. The molecular formula is C52H106N2O7P+. The van der Waals surface area contributed by atoms with E-state index in [2.05, 4.69) is 31.3 Å². The molecule has 370 valence electrons. The SMILES string of the molecule is CCCCCCCCC/C=C/CCCC(O)C(O)C(COP(=O)(O)OCC[N+](C)(C)C)NC(=O)CCCCCCCCCCCCCCCCCCCCCCCCCCCC. The summed E-state index contributed by atoms with van der Waals surface area (Å²) < 4.78 is 23.6. The number of rotatable bonds is 49. The number of nitrogens with zero attached hydrogens (tertiary/aromatic N) is 1. The fourth-order valence-corrected chi connectivity index (χ4v) is 8.82. The van der Waals surface area contributed by atoms with Crippen molar-refractivity contribution in [2.24, 2.45) is 0 Å². The maximum Gasteiger partial charge on any atom is 0.472 e. The van der Waals surface area contributed by atoms with Crippen LogP contribution >= 0.6 is 7.82 Å². The third-order valence-corrected chi connectivity index (χ3v) is 13.3. The van der Waals surface area contributed by atoms with Crippen molar-refractivity contribution in [2.45, 2.75) is 276 Å². The summed E-state index contributed by atoms with van der Waals surface area (Å²) in [6.45, 7) is 4.61. The van der Waals surface area contributed by atoms with Crippen LogP contribution in [0.1, 0.15) is 258 Å². The van der Waals surface area contributed by atoms with Crippen molar-refractivity contribution in [1.82, 2.24) is 5.32 Å². The number of allylic oxidation sites excluding steroid dienone is 2. The molecule has 0 aliphatic rings.